The zero-order valence-corrected chi connectivity index (χ0v) is 6.59. The summed E-state index contributed by atoms with van der Waals surface area (Å²) in [7, 11) is 0. The predicted octanol–water partition coefficient (Wildman–Crippen LogP) is 1.92. The Kier molecular flexibility index (Phi) is 1180. The summed E-state index contributed by atoms with van der Waals surface area (Å²) in [5.74, 6) is 0. The van der Waals surface area contributed by atoms with Crippen molar-refractivity contribution in [2.45, 2.75) is 13.8 Å². The second kappa shape index (κ2) is 135. The normalized spacial score (nSPS) is 1.20. The molecule has 0 aromatic heterocycles. The molecule has 0 nitrogen and oxygen atoms in total. The van der Waals surface area contributed by atoms with E-state index in [9.17, 15) is 0 Å². The van der Waals surface area contributed by atoms with Gasteiger partial charge < -0.3 is 14.9 Å². The third-order valence-corrected chi connectivity index (χ3v) is 0. The van der Waals surface area contributed by atoms with Gasteiger partial charge in [0.1, 0.15) is 0 Å². The fourth-order valence-corrected chi connectivity index (χ4v) is 0. The van der Waals surface area contributed by atoms with Gasteiger partial charge in [-0.15, -0.1) is 0 Å². The van der Waals surface area contributed by atoms with Crippen LogP contribution in [0.25, 0.3) is 0 Å². The van der Waals surface area contributed by atoms with Gasteiger partial charge in [-0.2, -0.15) is 0 Å². The summed E-state index contributed by atoms with van der Waals surface area (Å²) in [4.78, 5) is 0. The Balaban J connectivity index is -0.00000000167. The number of hydrogen-bond acceptors (Lipinski definition) is 0. The van der Waals surface area contributed by atoms with E-state index in [0.29, 0.717) is 0 Å². The summed E-state index contributed by atoms with van der Waals surface area (Å²) in [5.41, 5.74) is 0. The van der Waals surface area contributed by atoms with E-state index in [0.717, 1.165) is 0 Å². The smallest absolute Gasteiger partial charge is 0.358 e. The van der Waals surface area contributed by atoms with Crippen LogP contribution in [0.3, 0.4) is 0 Å². The predicted molar refractivity (Wildman–Crippen MR) is 24.2 cm³/mol. The third kappa shape index (κ3) is 71.5. The SMILES string of the molecule is CC.[CH3-].[CH3-].[Pt+2]. The van der Waals surface area contributed by atoms with E-state index >= 15 is 0 Å². The van der Waals surface area contributed by atoms with Crippen molar-refractivity contribution in [3.63, 3.8) is 0 Å². The van der Waals surface area contributed by atoms with Crippen molar-refractivity contribution < 1.29 is 21.1 Å². The molecule has 0 aromatic carbocycles. The van der Waals surface area contributed by atoms with Crippen LogP contribution in [-0.2, 0) is 21.1 Å². The average Bonchev–Trinajstić information content (AvgIpc) is 1.00. The van der Waals surface area contributed by atoms with Crippen LogP contribution in [-0.4, -0.2) is 0 Å². The molecule has 0 spiro atoms. The molecule has 5 heavy (non-hydrogen) atoms. The van der Waals surface area contributed by atoms with Crippen LogP contribution >= 0.6 is 0 Å². The largest absolute Gasteiger partial charge is 2.00 e. The van der Waals surface area contributed by atoms with Gasteiger partial charge in [-0.3, -0.25) is 0 Å². The molecule has 0 N–H and O–H groups in total. The van der Waals surface area contributed by atoms with Crippen molar-refractivity contribution in [1.82, 2.24) is 0 Å². The van der Waals surface area contributed by atoms with Crippen molar-refractivity contribution in [2.75, 3.05) is 0 Å². The minimum Gasteiger partial charge on any atom is -0.358 e. The molecule has 0 saturated carbocycles. The Morgan fingerprint density at radius 3 is 0.800 bits per heavy atom. The van der Waals surface area contributed by atoms with Crippen molar-refractivity contribution in [3.8, 4) is 0 Å². The minimum absolute atomic E-state index is 0. The van der Waals surface area contributed by atoms with Gasteiger partial charge in [-0.05, 0) is 0 Å². The maximum Gasteiger partial charge on any atom is 2.00 e. The summed E-state index contributed by atoms with van der Waals surface area (Å²) >= 11 is 0. The molecule has 0 amide bonds. The van der Waals surface area contributed by atoms with Crippen LogP contribution < -0.4 is 0 Å². The molecule has 0 heterocycles. The zero-order valence-electron chi connectivity index (χ0n) is 4.32. The maximum absolute atomic E-state index is 2.00. The molecular formula is C4H12Pt. The van der Waals surface area contributed by atoms with Crippen LogP contribution in [0, 0.1) is 14.9 Å². The van der Waals surface area contributed by atoms with E-state index in [1.807, 2.05) is 13.8 Å². The van der Waals surface area contributed by atoms with Crippen molar-refractivity contribution in [3.05, 3.63) is 14.9 Å². The summed E-state index contributed by atoms with van der Waals surface area (Å²) in [6.07, 6.45) is 0. The molecule has 0 aliphatic carbocycles. The molecule has 0 radical (unpaired) electrons. The fourth-order valence-electron chi connectivity index (χ4n) is 0. The molecule has 1 heteroatoms. The zero-order chi connectivity index (χ0) is 2.00. The van der Waals surface area contributed by atoms with E-state index < -0.39 is 0 Å². The van der Waals surface area contributed by atoms with Crippen LogP contribution in [0.1, 0.15) is 13.8 Å². The fraction of sp³-hybridized carbons (Fsp3) is 0.500. The second-order valence-corrected chi connectivity index (χ2v) is 0. The average molecular weight is 255 g/mol. The summed E-state index contributed by atoms with van der Waals surface area (Å²) < 4.78 is 0. The van der Waals surface area contributed by atoms with Gasteiger partial charge in [0.05, 0.1) is 0 Å². The third-order valence-electron chi connectivity index (χ3n) is 0. The molecule has 0 fully saturated rings. The van der Waals surface area contributed by atoms with Gasteiger partial charge >= 0.3 is 21.1 Å². The molecule has 0 aromatic rings. The first kappa shape index (κ1) is 43.9. The van der Waals surface area contributed by atoms with Crippen LogP contribution in [0.15, 0.2) is 0 Å². The number of hydrogen-bond donors (Lipinski definition) is 0. The first-order chi connectivity index (χ1) is 1.00. The molecule has 0 atom stereocenters. The van der Waals surface area contributed by atoms with Gasteiger partial charge in [0.15, 0.2) is 0 Å². The first-order valence-corrected chi connectivity index (χ1v) is 1.00. The summed E-state index contributed by atoms with van der Waals surface area (Å²) in [5, 5.41) is 0. The monoisotopic (exact) mass is 255 g/mol. The Morgan fingerprint density at radius 2 is 0.800 bits per heavy atom. The topological polar surface area (TPSA) is 0 Å². The standard InChI is InChI=1S/C2H6.2CH3.Pt/c1-2;;;/h1-2H3;2*1H3;/q;2*-1;+2. The van der Waals surface area contributed by atoms with E-state index in [1.54, 1.807) is 0 Å². The maximum atomic E-state index is 2.00. The first-order valence-electron chi connectivity index (χ1n) is 1.00. The molecule has 0 unspecified atom stereocenters. The minimum atomic E-state index is 0. The van der Waals surface area contributed by atoms with Gasteiger partial charge in [-0.25, -0.2) is 0 Å². The number of rotatable bonds is 0. The van der Waals surface area contributed by atoms with Gasteiger partial charge in [0.2, 0.25) is 0 Å². The second-order valence-electron chi connectivity index (χ2n) is 0. The van der Waals surface area contributed by atoms with Gasteiger partial charge in [-0.1, -0.05) is 13.8 Å². The molecule has 38 valence electrons. The van der Waals surface area contributed by atoms with Crippen molar-refractivity contribution >= 4 is 0 Å². The molecule has 0 saturated heterocycles. The Labute approximate surface area is 50.2 Å². The van der Waals surface area contributed by atoms with Crippen LogP contribution in [0.5, 0.6) is 0 Å². The Morgan fingerprint density at radius 1 is 0.800 bits per heavy atom. The Hall–Kier alpha value is 0.688. The van der Waals surface area contributed by atoms with Crippen molar-refractivity contribution in [2.24, 2.45) is 0 Å². The molecular weight excluding hydrogens is 243 g/mol. The summed E-state index contributed by atoms with van der Waals surface area (Å²) in [6, 6.07) is 0. The van der Waals surface area contributed by atoms with Gasteiger partial charge in [0.25, 0.3) is 0 Å². The van der Waals surface area contributed by atoms with E-state index in [-0.39, 0.29) is 35.9 Å². The van der Waals surface area contributed by atoms with E-state index in [1.165, 1.54) is 0 Å². The van der Waals surface area contributed by atoms with Crippen LogP contribution in [0.4, 0.5) is 0 Å². The Bertz CT molecular complexity index is 3.61. The quantitative estimate of drug-likeness (QED) is 0.580. The molecule has 0 aliphatic rings. The van der Waals surface area contributed by atoms with Gasteiger partial charge in [0, 0.05) is 0 Å². The molecule has 0 aliphatic heterocycles. The molecule has 0 bridgehead atoms. The van der Waals surface area contributed by atoms with E-state index in [2.05, 4.69) is 0 Å². The molecule has 0 rings (SSSR count). The van der Waals surface area contributed by atoms with Crippen molar-refractivity contribution in [1.29, 1.82) is 0 Å². The van der Waals surface area contributed by atoms with Crippen LogP contribution in [0.2, 0.25) is 0 Å². The summed E-state index contributed by atoms with van der Waals surface area (Å²) in [6.45, 7) is 4.00. The van der Waals surface area contributed by atoms with E-state index in [4.69, 9.17) is 0 Å².